The lowest BCUT2D eigenvalue weighted by Crippen LogP contribution is -2.23. The third-order valence-electron chi connectivity index (χ3n) is 3.35. The molecule has 0 unspecified atom stereocenters. The van der Waals surface area contributed by atoms with Crippen molar-refractivity contribution in [3.8, 4) is 5.75 Å². The standard InChI is InChI=1S/C17H19N3O4S/c1-20(2)25(22,23)16-9-5-7-14(11-16)17(21)19-18-12-13-6-4-8-15(10-13)24-3/h4-12H,1-3H3,(H,19,21)/b18-12-. The van der Waals surface area contributed by atoms with Gasteiger partial charge in [-0.3, -0.25) is 4.79 Å². The number of hydrogen-bond acceptors (Lipinski definition) is 5. The zero-order valence-corrected chi connectivity index (χ0v) is 14.9. The molecule has 25 heavy (non-hydrogen) atoms. The van der Waals surface area contributed by atoms with E-state index in [4.69, 9.17) is 4.74 Å². The van der Waals surface area contributed by atoms with E-state index in [-0.39, 0.29) is 10.5 Å². The maximum atomic E-state index is 12.1. The molecule has 132 valence electrons. The Labute approximate surface area is 147 Å². The maximum Gasteiger partial charge on any atom is 0.271 e. The minimum Gasteiger partial charge on any atom is -0.497 e. The van der Waals surface area contributed by atoms with E-state index in [0.29, 0.717) is 5.75 Å². The first kappa shape index (κ1) is 18.6. The van der Waals surface area contributed by atoms with Gasteiger partial charge in [0.2, 0.25) is 10.0 Å². The SMILES string of the molecule is COc1cccc(/C=N\NC(=O)c2cccc(S(=O)(=O)N(C)C)c2)c1. The summed E-state index contributed by atoms with van der Waals surface area (Å²) < 4.78 is 30.4. The van der Waals surface area contributed by atoms with Gasteiger partial charge in [0, 0.05) is 19.7 Å². The van der Waals surface area contributed by atoms with Crippen LogP contribution in [-0.2, 0) is 10.0 Å². The van der Waals surface area contributed by atoms with Gasteiger partial charge in [0.05, 0.1) is 18.2 Å². The van der Waals surface area contributed by atoms with E-state index in [1.165, 1.54) is 44.6 Å². The number of amides is 1. The lowest BCUT2D eigenvalue weighted by Gasteiger charge is -2.11. The summed E-state index contributed by atoms with van der Waals surface area (Å²) in [6.07, 6.45) is 1.47. The highest BCUT2D eigenvalue weighted by molar-refractivity contribution is 7.89. The molecule has 0 aliphatic carbocycles. The van der Waals surface area contributed by atoms with Crippen LogP contribution in [0, 0.1) is 0 Å². The second-order valence-electron chi connectivity index (χ2n) is 5.29. The molecule has 7 nitrogen and oxygen atoms in total. The second kappa shape index (κ2) is 7.91. The number of benzene rings is 2. The molecule has 0 aliphatic rings. The van der Waals surface area contributed by atoms with E-state index >= 15 is 0 Å². The van der Waals surface area contributed by atoms with E-state index in [1.807, 2.05) is 6.07 Å². The van der Waals surface area contributed by atoms with Gasteiger partial charge in [-0.15, -0.1) is 0 Å². The molecule has 0 saturated heterocycles. The van der Waals surface area contributed by atoms with E-state index in [2.05, 4.69) is 10.5 Å². The second-order valence-corrected chi connectivity index (χ2v) is 7.44. The number of nitrogens with one attached hydrogen (secondary N) is 1. The number of rotatable bonds is 6. The molecule has 1 amide bonds. The van der Waals surface area contributed by atoms with Gasteiger partial charge in [-0.1, -0.05) is 18.2 Å². The Bertz CT molecular complexity index is 892. The summed E-state index contributed by atoms with van der Waals surface area (Å²) in [5.41, 5.74) is 3.33. The molecule has 2 rings (SSSR count). The molecule has 1 N–H and O–H groups in total. The Morgan fingerprint density at radius 3 is 2.56 bits per heavy atom. The fraction of sp³-hybridized carbons (Fsp3) is 0.176. The number of ether oxygens (including phenoxy) is 1. The molecular weight excluding hydrogens is 342 g/mol. The van der Waals surface area contributed by atoms with Crippen molar-refractivity contribution in [2.24, 2.45) is 5.10 Å². The van der Waals surface area contributed by atoms with Gasteiger partial charge in [0.1, 0.15) is 5.75 Å². The highest BCUT2D eigenvalue weighted by Gasteiger charge is 2.18. The largest absolute Gasteiger partial charge is 0.497 e. The summed E-state index contributed by atoms with van der Waals surface area (Å²) in [4.78, 5) is 12.2. The van der Waals surface area contributed by atoms with Crippen LogP contribution in [0.1, 0.15) is 15.9 Å². The topological polar surface area (TPSA) is 88.1 Å². The minimum atomic E-state index is -3.60. The first-order valence-electron chi connectivity index (χ1n) is 7.34. The lowest BCUT2D eigenvalue weighted by atomic mass is 10.2. The fourth-order valence-electron chi connectivity index (χ4n) is 1.96. The van der Waals surface area contributed by atoms with Crippen LogP contribution < -0.4 is 10.2 Å². The Balaban J connectivity index is 2.12. The molecule has 0 spiro atoms. The summed E-state index contributed by atoms with van der Waals surface area (Å²) in [6, 6.07) is 13.0. The number of hydrogen-bond donors (Lipinski definition) is 1. The third kappa shape index (κ3) is 4.65. The summed E-state index contributed by atoms with van der Waals surface area (Å²) in [5.74, 6) is 0.173. The number of methoxy groups -OCH3 is 1. The number of sulfonamides is 1. The van der Waals surface area contributed by atoms with Crippen LogP contribution in [0.25, 0.3) is 0 Å². The average molecular weight is 361 g/mol. The molecule has 0 fully saturated rings. The molecule has 0 aliphatic heterocycles. The van der Waals surface area contributed by atoms with Gasteiger partial charge >= 0.3 is 0 Å². The van der Waals surface area contributed by atoms with Crippen LogP contribution in [0.5, 0.6) is 5.75 Å². The van der Waals surface area contributed by atoms with Crippen molar-refractivity contribution in [3.05, 3.63) is 59.7 Å². The molecular formula is C17H19N3O4S. The van der Waals surface area contributed by atoms with Gasteiger partial charge in [0.15, 0.2) is 0 Å². The fourth-order valence-corrected chi connectivity index (χ4v) is 2.91. The van der Waals surface area contributed by atoms with Crippen LogP contribution >= 0.6 is 0 Å². The summed E-state index contributed by atoms with van der Waals surface area (Å²) in [5, 5.41) is 3.88. The Morgan fingerprint density at radius 1 is 1.16 bits per heavy atom. The normalized spacial score (nSPS) is 11.7. The van der Waals surface area contributed by atoms with E-state index < -0.39 is 15.9 Å². The Kier molecular flexibility index (Phi) is 5.89. The van der Waals surface area contributed by atoms with Crippen molar-refractivity contribution in [1.29, 1.82) is 0 Å². The van der Waals surface area contributed by atoms with Crippen molar-refractivity contribution in [3.63, 3.8) is 0 Å². The van der Waals surface area contributed by atoms with E-state index in [1.54, 1.807) is 25.3 Å². The number of carbonyl (C=O) groups excluding carboxylic acids is 1. The zero-order valence-electron chi connectivity index (χ0n) is 14.1. The van der Waals surface area contributed by atoms with Crippen LogP contribution in [0.2, 0.25) is 0 Å². The number of nitrogens with zero attached hydrogens (tertiary/aromatic N) is 2. The Hall–Kier alpha value is -2.71. The van der Waals surface area contributed by atoms with Gasteiger partial charge in [-0.05, 0) is 35.9 Å². The molecule has 0 bridgehead atoms. The smallest absolute Gasteiger partial charge is 0.271 e. The zero-order chi connectivity index (χ0) is 18.4. The van der Waals surface area contributed by atoms with E-state index in [0.717, 1.165) is 9.87 Å². The lowest BCUT2D eigenvalue weighted by molar-refractivity contribution is 0.0955. The third-order valence-corrected chi connectivity index (χ3v) is 5.16. The van der Waals surface area contributed by atoms with Gasteiger partial charge in [0.25, 0.3) is 5.91 Å². The highest BCUT2D eigenvalue weighted by atomic mass is 32.2. The molecule has 0 aromatic heterocycles. The predicted octanol–water partition coefficient (Wildman–Crippen LogP) is 1.71. The van der Waals surface area contributed by atoms with Crippen molar-refractivity contribution in [1.82, 2.24) is 9.73 Å². The number of carbonyl (C=O) groups is 1. The summed E-state index contributed by atoms with van der Waals surface area (Å²) >= 11 is 0. The van der Waals surface area contributed by atoms with Crippen LogP contribution in [0.3, 0.4) is 0 Å². The molecule has 0 saturated carbocycles. The van der Waals surface area contributed by atoms with Crippen LogP contribution in [-0.4, -0.2) is 46.0 Å². The quantitative estimate of drug-likeness (QED) is 0.627. The van der Waals surface area contributed by atoms with Crippen molar-refractivity contribution in [2.45, 2.75) is 4.90 Å². The highest BCUT2D eigenvalue weighted by Crippen LogP contribution is 2.15. The summed E-state index contributed by atoms with van der Waals surface area (Å²) in [7, 11) is 0.821. The predicted molar refractivity (Wildman–Crippen MR) is 95.4 cm³/mol. The maximum absolute atomic E-state index is 12.1. The number of hydrazone groups is 1. The molecule has 0 atom stereocenters. The first-order valence-corrected chi connectivity index (χ1v) is 8.78. The molecule has 0 radical (unpaired) electrons. The van der Waals surface area contributed by atoms with Crippen molar-refractivity contribution < 1.29 is 17.9 Å². The summed E-state index contributed by atoms with van der Waals surface area (Å²) in [6.45, 7) is 0. The molecule has 2 aromatic carbocycles. The van der Waals surface area contributed by atoms with Crippen LogP contribution in [0.15, 0.2) is 58.5 Å². The van der Waals surface area contributed by atoms with Gasteiger partial charge in [-0.25, -0.2) is 18.1 Å². The first-order chi connectivity index (χ1) is 11.8. The van der Waals surface area contributed by atoms with Crippen LogP contribution in [0.4, 0.5) is 0 Å². The molecule has 0 heterocycles. The minimum absolute atomic E-state index is 0.0434. The van der Waals surface area contributed by atoms with Gasteiger partial charge in [-0.2, -0.15) is 5.10 Å². The molecule has 8 heteroatoms. The van der Waals surface area contributed by atoms with Crippen molar-refractivity contribution >= 4 is 22.1 Å². The van der Waals surface area contributed by atoms with Gasteiger partial charge < -0.3 is 4.74 Å². The molecule has 2 aromatic rings. The van der Waals surface area contributed by atoms with Crippen molar-refractivity contribution in [2.75, 3.05) is 21.2 Å². The monoisotopic (exact) mass is 361 g/mol. The average Bonchev–Trinajstić information content (AvgIpc) is 2.61. The Morgan fingerprint density at radius 2 is 1.88 bits per heavy atom. The van der Waals surface area contributed by atoms with E-state index in [9.17, 15) is 13.2 Å².